The number of aryl methyl sites for hydroxylation is 1. The molecule has 1 aromatic carbocycles. The molecular weight excluding hydrogens is 412 g/mol. The number of tetrazole rings is 1. The average Bonchev–Trinajstić information content (AvgIpc) is 3.16. The van der Waals surface area contributed by atoms with Crippen molar-refractivity contribution in [2.45, 2.75) is 39.2 Å². The van der Waals surface area contributed by atoms with E-state index in [4.69, 9.17) is 15.6 Å². The first-order chi connectivity index (χ1) is 15.4. The highest BCUT2D eigenvalue weighted by Gasteiger charge is 2.15. The van der Waals surface area contributed by atoms with Crippen molar-refractivity contribution >= 4 is 17.7 Å². The highest BCUT2D eigenvalue weighted by Crippen LogP contribution is 2.28. The predicted octanol–water partition coefficient (Wildman–Crippen LogP) is 1.65. The summed E-state index contributed by atoms with van der Waals surface area (Å²) in [6.45, 7) is 6.17. The molecular formula is C21H27N8O3+. The zero-order chi connectivity index (χ0) is 23.1. The number of rotatable bonds is 11. The van der Waals surface area contributed by atoms with Gasteiger partial charge in [0.05, 0.1) is 20.5 Å². The third-order valence-electron chi connectivity index (χ3n) is 4.80. The molecule has 0 saturated heterocycles. The number of nitrogens with zero attached hydrogens (tertiary/aromatic N) is 6. The Labute approximate surface area is 186 Å². The summed E-state index contributed by atoms with van der Waals surface area (Å²) in [7, 11) is 1.62. The molecule has 0 fully saturated rings. The molecule has 0 bridgehead atoms. The molecule has 3 aromatic rings. The molecule has 11 nitrogen and oxygen atoms in total. The maximum atomic E-state index is 10.8. The summed E-state index contributed by atoms with van der Waals surface area (Å²) in [5.41, 5.74) is 9.48. The van der Waals surface area contributed by atoms with Gasteiger partial charge in [0.2, 0.25) is 5.95 Å². The van der Waals surface area contributed by atoms with Crippen molar-refractivity contribution in [3.8, 4) is 5.75 Å². The van der Waals surface area contributed by atoms with E-state index in [1.807, 2.05) is 25.1 Å². The van der Waals surface area contributed by atoms with Crippen LogP contribution in [0.3, 0.4) is 0 Å². The minimum atomic E-state index is -1.03. The Hall–Kier alpha value is -3.89. The maximum Gasteiger partial charge on any atom is 0.327 e. The molecule has 0 aliphatic carbocycles. The number of hydrogen-bond donors (Lipinski definition) is 3. The highest BCUT2D eigenvalue weighted by atomic mass is 16.5. The number of unbranched alkanes of at least 4 members (excludes halogenated alkanes) is 1. The van der Waals surface area contributed by atoms with Crippen molar-refractivity contribution in [1.29, 1.82) is 0 Å². The number of benzene rings is 1. The monoisotopic (exact) mass is 439 g/mol. The largest absolute Gasteiger partial charge is 0.496 e. The van der Waals surface area contributed by atoms with E-state index >= 15 is 0 Å². The fraction of sp³-hybridized carbons (Fsp3) is 0.381. The Bertz CT molecular complexity index is 1080. The van der Waals surface area contributed by atoms with E-state index in [0.29, 0.717) is 24.5 Å². The first-order valence-corrected chi connectivity index (χ1v) is 10.2. The average molecular weight is 440 g/mol. The van der Waals surface area contributed by atoms with Crippen molar-refractivity contribution in [3.63, 3.8) is 0 Å². The molecule has 2 heterocycles. The van der Waals surface area contributed by atoms with E-state index in [1.165, 1.54) is 0 Å². The Morgan fingerprint density at radius 3 is 2.84 bits per heavy atom. The zero-order valence-electron chi connectivity index (χ0n) is 18.2. The second-order valence-electron chi connectivity index (χ2n) is 7.26. The molecule has 0 saturated carbocycles. The second-order valence-corrected chi connectivity index (χ2v) is 7.26. The van der Waals surface area contributed by atoms with Gasteiger partial charge in [0.1, 0.15) is 11.6 Å². The van der Waals surface area contributed by atoms with Gasteiger partial charge in [-0.3, -0.25) is 4.79 Å². The first kappa shape index (κ1) is 22.8. The summed E-state index contributed by atoms with van der Waals surface area (Å²) in [4.78, 5) is 20.6. The van der Waals surface area contributed by atoms with Gasteiger partial charge in [-0.1, -0.05) is 12.1 Å². The van der Waals surface area contributed by atoms with Gasteiger partial charge < -0.3 is 20.9 Å². The molecule has 0 spiro atoms. The van der Waals surface area contributed by atoms with Crippen molar-refractivity contribution < 1.29 is 14.6 Å². The summed E-state index contributed by atoms with van der Waals surface area (Å²) in [5, 5.41) is 24.0. The lowest BCUT2D eigenvalue weighted by Crippen LogP contribution is -2.12. The van der Waals surface area contributed by atoms with Crippen molar-refractivity contribution in [2.24, 2.45) is 0 Å². The number of aromatic nitrogens is 6. The van der Waals surface area contributed by atoms with E-state index in [1.54, 1.807) is 7.11 Å². The van der Waals surface area contributed by atoms with Gasteiger partial charge in [0.15, 0.2) is 12.4 Å². The Morgan fingerprint density at radius 2 is 2.12 bits per heavy atom. The quantitative estimate of drug-likeness (QED) is 0.297. The summed E-state index contributed by atoms with van der Waals surface area (Å²) < 4.78 is 5.57. The van der Waals surface area contributed by atoms with E-state index in [0.717, 1.165) is 52.3 Å². The van der Waals surface area contributed by atoms with Crippen LogP contribution in [0.2, 0.25) is 0 Å². The number of nitrogen functional groups attached to an aromatic ring is 1. The molecule has 3 rings (SSSR count). The molecule has 0 aliphatic rings. The van der Waals surface area contributed by atoms with Crippen LogP contribution in [0.1, 0.15) is 41.1 Å². The molecule has 0 unspecified atom stereocenters. The normalized spacial score (nSPS) is 10.8. The predicted molar refractivity (Wildman–Crippen MR) is 118 cm³/mol. The number of ether oxygens (including phenoxy) is 1. The Kier molecular flexibility index (Phi) is 7.42. The van der Waals surface area contributed by atoms with Crippen molar-refractivity contribution in [3.05, 3.63) is 53.3 Å². The van der Waals surface area contributed by atoms with Gasteiger partial charge in [-0.15, -0.1) is 10.2 Å². The topological polar surface area (TPSA) is 154 Å². The summed E-state index contributed by atoms with van der Waals surface area (Å²) in [6, 6.07) is 5.81. The SMILES string of the molecule is [CH2+]CCCNc1nc(N)nc(C)c1Cc1cc(Cc2nnn(CC(=O)O)n2)ccc1OC. The number of nitrogens with one attached hydrogen (secondary N) is 1. The second kappa shape index (κ2) is 10.4. The summed E-state index contributed by atoms with van der Waals surface area (Å²) in [6.07, 6.45) is 2.68. The number of carbonyl (C=O) groups is 1. The number of hydrogen-bond acceptors (Lipinski definition) is 9. The van der Waals surface area contributed by atoms with Crippen molar-refractivity contribution in [1.82, 2.24) is 30.2 Å². The number of carboxylic acid groups (broad SMARTS) is 1. The standard InChI is InChI=1S/C21H26N8O3/c1-4-5-8-23-20-16(13(2)24-21(22)25-20)11-15-9-14(6-7-17(15)32-3)10-18-26-28-29(27-18)12-19(30)31/h6-7,9H,1,4-5,8,10-12H2,2-3H3,(H3-,22,23,24,25,30,31)/p+1. The fourth-order valence-electron chi connectivity index (χ4n) is 3.30. The van der Waals surface area contributed by atoms with Gasteiger partial charge in [0.25, 0.3) is 0 Å². The van der Waals surface area contributed by atoms with Crippen LogP contribution in [-0.4, -0.2) is 54.9 Å². The smallest absolute Gasteiger partial charge is 0.327 e. The van der Waals surface area contributed by atoms with Crippen LogP contribution in [0.25, 0.3) is 0 Å². The Morgan fingerprint density at radius 1 is 1.31 bits per heavy atom. The molecule has 11 heteroatoms. The van der Waals surface area contributed by atoms with Crippen LogP contribution < -0.4 is 15.8 Å². The fourth-order valence-corrected chi connectivity index (χ4v) is 3.30. The van der Waals surface area contributed by atoms with Crippen LogP contribution in [0.4, 0.5) is 11.8 Å². The molecule has 0 aliphatic heterocycles. The lowest BCUT2D eigenvalue weighted by atomic mass is 9.99. The summed E-state index contributed by atoms with van der Waals surface area (Å²) >= 11 is 0. The first-order valence-electron chi connectivity index (χ1n) is 10.2. The van der Waals surface area contributed by atoms with E-state index < -0.39 is 5.97 Å². The third-order valence-corrected chi connectivity index (χ3v) is 4.80. The van der Waals surface area contributed by atoms with Crippen LogP contribution in [0.15, 0.2) is 18.2 Å². The third kappa shape index (κ3) is 5.84. The number of carboxylic acids is 1. The zero-order valence-corrected chi connectivity index (χ0v) is 18.2. The van der Waals surface area contributed by atoms with Crippen LogP contribution in [0, 0.1) is 13.8 Å². The molecule has 0 radical (unpaired) electrons. The van der Waals surface area contributed by atoms with Crippen molar-refractivity contribution in [2.75, 3.05) is 24.7 Å². The minimum absolute atomic E-state index is 0.222. The summed E-state index contributed by atoms with van der Waals surface area (Å²) in [5.74, 6) is 1.07. The number of anilines is 2. The molecule has 0 atom stereocenters. The van der Waals surface area contributed by atoms with Gasteiger partial charge in [-0.05, 0) is 29.3 Å². The van der Waals surface area contributed by atoms with Crippen LogP contribution >= 0.6 is 0 Å². The van der Waals surface area contributed by atoms with E-state index in [-0.39, 0.29) is 12.5 Å². The molecule has 0 amide bonds. The molecule has 4 N–H and O–H groups in total. The lowest BCUT2D eigenvalue weighted by Gasteiger charge is -2.16. The Balaban J connectivity index is 1.86. The van der Waals surface area contributed by atoms with Gasteiger partial charge in [-0.2, -0.15) is 9.78 Å². The number of methoxy groups -OCH3 is 1. The lowest BCUT2D eigenvalue weighted by molar-refractivity contribution is -0.138. The molecule has 168 valence electrons. The van der Waals surface area contributed by atoms with Gasteiger partial charge in [-0.25, -0.2) is 4.98 Å². The highest BCUT2D eigenvalue weighted by molar-refractivity contribution is 5.66. The molecule has 32 heavy (non-hydrogen) atoms. The van der Waals surface area contributed by atoms with Crippen LogP contribution in [0.5, 0.6) is 5.75 Å². The van der Waals surface area contributed by atoms with Gasteiger partial charge in [0, 0.05) is 37.1 Å². The van der Waals surface area contributed by atoms with Gasteiger partial charge >= 0.3 is 5.97 Å². The maximum absolute atomic E-state index is 10.8. The minimum Gasteiger partial charge on any atom is -0.496 e. The van der Waals surface area contributed by atoms with E-state index in [2.05, 4.69) is 37.6 Å². The van der Waals surface area contributed by atoms with Crippen LogP contribution in [-0.2, 0) is 24.2 Å². The van der Waals surface area contributed by atoms with E-state index in [9.17, 15) is 4.79 Å². The number of aliphatic carboxylic acids is 1. The molecule has 2 aromatic heterocycles. The number of nitrogens with two attached hydrogens (primary N) is 1.